The van der Waals surface area contributed by atoms with E-state index in [1.54, 1.807) is 24.3 Å². The first-order valence-corrected chi connectivity index (χ1v) is 9.29. The molecule has 0 fully saturated rings. The predicted molar refractivity (Wildman–Crippen MR) is 106 cm³/mol. The summed E-state index contributed by atoms with van der Waals surface area (Å²) in [6.45, 7) is 0.306. The molecule has 150 valence electrons. The van der Waals surface area contributed by atoms with Crippen molar-refractivity contribution in [1.29, 1.82) is 0 Å². The second kappa shape index (κ2) is 11.3. The Morgan fingerprint density at radius 3 is 2.36 bits per heavy atom. The molecule has 4 N–H and O–H groups in total. The van der Waals surface area contributed by atoms with Crippen molar-refractivity contribution >= 4 is 29.3 Å². The highest BCUT2D eigenvalue weighted by Crippen LogP contribution is 2.21. The number of benzene rings is 2. The zero-order valence-electron chi connectivity index (χ0n) is 15.2. The van der Waals surface area contributed by atoms with E-state index in [4.69, 9.17) is 16.3 Å². The monoisotopic (exact) mass is 406 g/mol. The van der Waals surface area contributed by atoms with Gasteiger partial charge in [-0.2, -0.15) is 0 Å². The van der Waals surface area contributed by atoms with Crippen molar-refractivity contribution in [1.82, 2.24) is 5.32 Å². The van der Waals surface area contributed by atoms with Crippen LogP contribution in [0.5, 0.6) is 0 Å². The van der Waals surface area contributed by atoms with E-state index in [1.165, 1.54) is 0 Å². The van der Waals surface area contributed by atoms with Gasteiger partial charge in [0.2, 0.25) is 5.91 Å². The Kier molecular flexibility index (Phi) is 8.74. The molecule has 0 bridgehead atoms. The molecule has 28 heavy (non-hydrogen) atoms. The molecular weight excluding hydrogens is 384 g/mol. The zero-order chi connectivity index (χ0) is 20.4. The van der Waals surface area contributed by atoms with Crippen molar-refractivity contribution in [3.8, 4) is 0 Å². The third-order valence-corrected chi connectivity index (χ3v) is 4.19. The minimum absolute atomic E-state index is 0.145. The molecule has 2 amide bonds. The number of rotatable bonds is 9. The van der Waals surface area contributed by atoms with Crippen LogP contribution in [0, 0.1) is 0 Å². The van der Waals surface area contributed by atoms with Crippen LogP contribution in [0.1, 0.15) is 23.7 Å². The lowest BCUT2D eigenvalue weighted by Crippen LogP contribution is -2.29. The average Bonchev–Trinajstić information content (AvgIpc) is 2.72. The molecule has 7 nitrogen and oxygen atoms in total. The summed E-state index contributed by atoms with van der Waals surface area (Å²) in [4.78, 5) is 22.9. The highest BCUT2D eigenvalue weighted by molar-refractivity contribution is 6.29. The third-order valence-electron chi connectivity index (χ3n) is 3.94. The Morgan fingerprint density at radius 2 is 1.71 bits per heavy atom. The molecule has 0 spiro atoms. The maximum atomic E-state index is 11.7. The first-order valence-electron chi connectivity index (χ1n) is 8.76. The summed E-state index contributed by atoms with van der Waals surface area (Å²) < 4.78 is 5.07. The van der Waals surface area contributed by atoms with Gasteiger partial charge in [0.1, 0.15) is 18.6 Å². The van der Waals surface area contributed by atoms with Crippen LogP contribution in [0.2, 0.25) is 0 Å². The fourth-order valence-corrected chi connectivity index (χ4v) is 2.50. The van der Waals surface area contributed by atoms with Crippen LogP contribution in [0.25, 0.3) is 0 Å². The van der Waals surface area contributed by atoms with Crippen molar-refractivity contribution in [2.75, 3.05) is 17.7 Å². The number of aliphatic hydroxyl groups excluding tert-OH is 2. The smallest absolute Gasteiger partial charge is 0.407 e. The van der Waals surface area contributed by atoms with E-state index in [2.05, 4.69) is 10.6 Å². The molecule has 0 aliphatic heterocycles. The van der Waals surface area contributed by atoms with Crippen LogP contribution < -0.4 is 10.6 Å². The van der Waals surface area contributed by atoms with Crippen LogP contribution in [0.4, 0.5) is 10.5 Å². The van der Waals surface area contributed by atoms with Gasteiger partial charge in [0.05, 0.1) is 6.10 Å². The molecule has 2 aromatic rings. The van der Waals surface area contributed by atoms with E-state index in [1.807, 2.05) is 30.3 Å². The highest BCUT2D eigenvalue weighted by Gasteiger charge is 2.18. The van der Waals surface area contributed by atoms with Gasteiger partial charge < -0.3 is 25.6 Å². The van der Waals surface area contributed by atoms with Gasteiger partial charge >= 0.3 is 6.09 Å². The Labute approximate surface area is 168 Å². The Hall–Kier alpha value is -2.61. The van der Waals surface area contributed by atoms with E-state index in [0.29, 0.717) is 11.3 Å². The number of carbonyl (C=O) groups is 2. The number of ether oxygens (including phenoxy) is 1. The fraction of sp³-hybridized carbons (Fsp3) is 0.300. The van der Waals surface area contributed by atoms with E-state index in [0.717, 1.165) is 5.56 Å². The maximum Gasteiger partial charge on any atom is 0.407 e. The highest BCUT2D eigenvalue weighted by atomic mass is 35.5. The quantitative estimate of drug-likeness (QED) is 0.479. The standard InChI is InChI=1S/C20H23ClN2O5/c21-12-18(25)23-16-8-6-15(7-9-16)19(26)17(24)10-11-22-20(27)28-13-14-4-2-1-3-5-14/h1-9,17,19,24,26H,10-13H2,(H,22,27)(H,23,25). The molecule has 0 saturated carbocycles. The second-order valence-corrected chi connectivity index (χ2v) is 6.36. The molecule has 2 atom stereocenters. The Bertz CT molecular complexity index is 755. The molecule has 2 rings (SSSR count). The lowest BCUT2D eigenvalue weighted by Gasteiger charge is -2.18. The number of halogens is 1. The van der Waals surface area contributed by atoms with Crippen LogP contribution in [-0.4, -0.2) is 40.7 Å². The molecule has 0 saturated heterocycles. The van der Waals surface area contributed by atoms with Crippen molar-refractivity contribution in [2.24, 2.45) is 0 Å². The molecule has 0 radical (unpaired) electrons. The predicted octanol–water partition coefficient (Wildman–Crippen LogP) is 2.57. The Balaban J connectivity index is 1.72. The fourth-order valence-electron chi connectivity index (χ4n) is 2.43. The van der Waals surface area contributed by atoms with Crippen LogP contribution in [-0.2, 0) is 16.1 Å². The summed E-state index contributed by atoms with van der Waals surface area (Å²) in [5, 5.41) is 25.5. The molecule has 0 aliphatic carbocycles. The van der Waals surface area contributed by atoms with Crippen LogP contribution in [0.15, 0.2) is 54.6 Å². The third kappa shape index (κ3) is 7.19. The van der Waals surface area contributed by atoms with Gasteiger partial charge in [0.15, 0.2) is 0 Å². The molecule has 0 aliphatic rings. The van der Waals surface area contributed by atoms with Gasteiger partial charge in [-0.05, 0) is 29.7 Å². The SMILES string of the molecule is O=C(CCl)Nc1ccc(C(O)C(O)CCNC(=O)OCc2ccccc2)cc1. The summed E-state index contributed by atoms with van der Waals surface area (Å²) in [5.74, 6) is -0.482. The zero-order valence-corrected chi connectivity index (χ0v) is 15.9. The van der Waals surface area contributed by atoms with Crippen molar-refractivity contribution in [3.63, 3.8) is 0 Å². The number of amides is 2. The van der Waals surface area contributed by atoms with Gasteiger partial charge in [-0.3, -0.25) is 4.79 Å². The number of carbonyl (C=O) groups excluding carboxylic acids is 2. The van der Waals surface area contributed by atoms with Gasteiger partial charge in [0, 0.05) is 12.2 Å². The summed E-state index contributed by atoms with van der Waals surface area (Å²) in [6.07, 6.45) is -2.64. The van der Waals surface area contributed by atoms with Crippen molar-refractivity contribution in [2.45, 2.75) is 25.2 Å². The number of aliphatic hydroxyl groups is 2. The lowest BCUT2D eigenvalue weighted by atomic mass is 10.0. The van der Waals surface area contributed by atoms with Gasteiger partial charge in [-0.15, -0.1) is 11.6 Å². The molecule has 0 heterocycles. The van der Waals surface area contributed by atoms with Gasteiger partial charge in [-0.25, -0.2) is 4.79 Å². The normalized spacial score (nSPS) is 12.7. The van der Waals surface area contributed by atoms with E-state index < -0.39 is 18.3 Å². The van der Waals surface area contributed by atoms with Crippen LogP contribution in [0.3, 0.4) is 0 Å². The summed E-state index contributed by atoms with van der Waals surface area (Å²) in [7, 11) is 0. The summed E-state index contributed by atoms with van der Waals surface area (Å²) in [6, 6.07) is 15.7. The van der Waals surface area contributed by atoms with Gasteiger partial charge in [0.25, 0.3) is 0 Å². The minimum atomic E-state index is -1.13. The lowest BCUT2D eigenvalue weighted by molar-refractivity contribution is -0.113. The molecule has 8 heteroatoms. The topological polar surface area (TPSA) is 108 Å². The Morgan fingerprint density at radius 1 is 1.04 bits per heavy atom. The minimum Gasteiger partial charge on any atom is -0.445 e. The van der Waals surface area contributed by atoms with E-state index in [-0.39, 0.29) is 31.4 Å². The summed E-state index contributed by atoms with van der Waals surface area (Å²) >= 11 is 5.42. The summed E-state index contributed by atoms with van der Waals surface area (Å²) in [5.41, 5.74) is 1.90. The second-order valence-electron chi connectivity index (χ2n) is 6.09. The number of alkyl carbamates (subject to hydrolysis) is 1. The van der Waals surface area contributed by atoms with Crippen molar-refractivity contribution < 1.29 is 24.5 Å². The first-order chi connectivity index (χ1) is 13.5. The number of hydrogen-bond donors (Lipinski definition) is 4. The number of nitrogens with one attached hydrogen (secondary N) is 2. The molecular formula is C20H23ClN2O5. The molecule has 2 aromatic carbocycles. The molecule has 2 unspecified atom stereocenters. The maximum absolute atomic E-state index is 11.7. The van der Waals surface area contributed by atoms with Crippen molar-refractivity contribution in [3.05, 3.63) is 65.7 Å². The number of anilines is 1. The molecule has 0 aromatic heterocycles. The van der Waals surface area contributed by atoms with Crippen LogP contribution >= 0.6 is 11.6 Å². The van der Waals surface area contributed by atoms with E-state index >= 15 is 0 Å². The van der Waals surface area contributed by atoms with Gasteiger partial charge in [-0.1, -0.05) is 42.5 Å². The first kappa shape index (κ1) is 21.7. The largest absolute Gasteiger partial charge is 0.445 e. The number of alkyl halides is 1. The number of hydrogen-bond acceptors (Lipinski definition) is 5. The average molecular weight is 407 g/mol. The van der Waals surface area contributed by atoms with E-state index in [9.17, 15) is 19.8 Å².